The largest absolute Gasteiger partial charge is 0.484 e. The Morgan fingerprint density at radius 2 is 1.31 bits per heavy atom. The molecule has 0 aliphatic carbocycles. The Morgan fingerprint density at radius 1 is 0.692 bits per heavy atom. The number of nitrogens with one attached hydrogen (secondary N) is 3. The van der Waals surface area contributed by atoms with Gasteiger partial charge in [-0.15, -0.1) is 0 Å². The Hall–Kier alpha value is -5.44. The van der Waals surface area contributed by atoms with Gasteiger partial charge in [0.2, 0.25) is 0 Å². The van der Waals surface area contributed by atoms with Crippen molar-refractivity contribution in [2.24, 2.45) is 5.10 Å². The topological polar surface area (TPSA) is 118 Å². The molecule has 0 aliphatic rings. The van der Waals surface area contributed by atoms with Crippen molar-refractivity contribution < 1.29 is 23.9 Å². The third kappa shape index (κ3) is 8.87. The van der Waals surface area contributed by atoms with Crippen LogP contribution in [0, 0.1) is 0 Å². The molecule has 0 unspecified atom stereocenters. The molecule has 0 aliphatic heterocycles. The zero-order valence-corrected chi connectivity index (χ0v) is 20.9. The van der Waals surface area contributed by atoms with Crippen molar-refractivity contribution in [2.45, 2.75) is 6.54 Å². The van der Waals surface area contributed by atoms with Gasteiger partial charge in [0.05, 0.1) is 6.21 Å². The Balaban J connectivity index is 1.17. The molecule has 4 aromatic rings. The van der Waals surface area contributed by atoms with Crippen LogP contribution in [-0.4, -0.2) is 30.5 Å². The molecule has 0 bridgehead atoms. The van der Waals surface area contributed by atoms with E-state index in [1.54, 1.807) is 48.5 Å². The predicted octanol–water partition coefficient (Wildman–Crippen LogP) is 4.26. The van der Waals surface area contributed by atoms with Crippen LogP contribution in [0.5, 0.6) is 17.2 Å². The molecule has 0 fully saturated rings. The van der Waals surface area contributed by atoms with Gasteiger partial charge in [-0.05, 0) is 71.8 Å². The lowest BCUT2D eigenvalue weighted by molar-refractivity contribution is -0.136. The first-order valence-electron chi connectivity index (χ1n) is 12.1. The molecule has 0 atom stereocenters. The van der Waals surface area contributed by atoms with Crippen molar-refractivity contribution in [3.05, 3.63) is 120 Å². The highest BCUT2D eigenvalue weighted by molar-refractivity contribution is 6.39. The van der Waals surface area contributed by atoms with E-state index in [4.69, 9.17) is 9.47 Å². The van der Waals surface area contributed by atoms with Gasteiger partial charge >= 0.3 is 11.8 Å². The van der Waals surface area contributed by atoms with Gasteiger partial charge in [-0.1, -0.05) is 48.5 Å². The summed E-state index contributed by atoms with van der Waals surface area (Å²) >= 11 is 0. The first-order chi connectivity index (χ1) is 19.0. The van der Waals surface area contributed by atoms with Gasteiger partial charge < -0.3 is 20.1 Å². The summed E-state index contributed by atoms with van der Waals surface area (Å²) in [5.41, 5.74) is 4.28. The number of para-hydroxylation sites is 1. The molecule has 3 amide bonds. The molecule has 4 rings (SSSR count). The zero-order chi connectivity index (χ0) is 27.3. The highest BCUT2D eigenvalue weighted by Crippen LogP contribution is 2.22. The normalized spacial score (nSPS) is 10.5. The van der Waals surface area contributed by atoms with Crippen molar-refractivity contribution in [3.63, 3.8) is 0 Å². The minimum absolute atomic E-state index is 0.117. The third-order valence-electron chi connectivity index (χ3n) is 5.26. The number of anilines is 1. The lowest BCUT2D eigenvalue weighted by atomic mass is 10.2. The van der Waals surface area contributed by atoms with Crippen LogP contribution in [0.1, 0.15) is 11.1 Å². The summed E-state index contributed by atoms with van der Waals surface area (Å²) < 4.78 is 11.2. The van der Waals surface area contributed by atoms with Crippen LogP contribution >= 0.6 is 0 Å². The zero-order valence-electron chi connectivity index (χ0n) is 20.9. The lowest BCUT2D eigenvalue weighted by Crippen LogP contribution is -2.32. The summed E-state index contributed by atoms with van der Waals surface area (Å²) in [4.78, 5) is 36.2. The molecular weight excluding hydrogens is 496 g/mol. The molecule has 39 heavy (non-hydrogen) atoms. The van der Waals surface area contributed by atoms with Crippen molar-refractivity contribution in [1.82, 2.24) is 10.7 Å². The van der Waals surface area contributed by atoms with Gasteiger partial charge in [-0.25, -0.2) is 5.43 Å². The molecule has 0 aromatic heterocycles. The van der Waals surface area contributed by atoms with Gasteiger partial charge in [0.15, 0.2) is 6.61 Å². The minimum atomic E-state index is -0.919. The van der Waals surface area contributed by atoms with Crippen molar-refractivity contribution in [2.75, 3.05) is 11.9 Å². The van der Waals surface area contributed by atoms with Gasteiger partial charge in [0.25, 0.3) is 5.91 Å². The molecule has 0 radical (unpaired) electrons. The Kier molecular flexibility index (Phi) is 9.39. The molecule has 196 valence electrons. The smallest absolute Gasteiger partial charge is 0.329 e. The molecule has 0 heterocycles. The summed E-state index contributed by atoms with van der Waals surface area (Å²) in [7, 11) is 0. The van der Waals surface area contributed by atoms with Gasteiger partial charge in [-0.3, -0.25) is 14.4 Å². The van der Waals surface area contributed by atoms with Crippen molar-refractivity contribution >= 4 is 29.6 Å². The fourth-order valence-corrected chi connectivity index (χ4v) is 3.28. The Labute approximate surface area is 225 Å². The molecule has 0 saturated carbocycles. The first-order valence-corrected chi connectivity index (χ1v) is 12.1. The molecule has 0 saturated heterocycles. The molecule has 3 N–H and O–H groups in total. The highest BCUT2D eigenvalue weighted by Gasteiger charge is 2.13. The van der Waals surface area contributed by atoms with E-state index < -0.39 is 11.8 Å². The van der Waals surface area contributed by atoms with Crippen LogP contribution in [0.15, 0.2) is 114 Å². The van der Waals surface area contributed by atoms with E-state index in [0.29, 0.717) is 35.0 Å². The fraction of sp³-hybridized carbons (Fsp3) is 0.0667. The maximum atomic E-state index is 12.2. The minimum Gasteiger partial charge on any atom is -0.484 e. The van der Waals surface area contributed by atoms with E-state index >= 15 is 0 Å². The lowest BCUT2D eigenvalue weighted by Gasteiger charge is -2.08. The van der Waals surface area contributed by atoms with Gasteiger partial charge in [-0.2, -0.15) is 5.10 Å². The summed E-state index contributed by atoms with van der Waals surface area (Å²) in [5, 5.41) is 9.10. The molecule has 9 heteroatoms. The Bertz CT molecular complexity index is 1410. The number of nitrogens with zero attached hydrogens (tertiary/aromatic N) is 1. The quantitative estimate of drug-likeness (QED) is 0.163. The van der Waals surface area contributed by atoms with Crippen LogP contribution < -0.4 is 25.5 Å². The summed E-state index contributed by atoms with van der Waals surface area (Å²) in [6, 6.07) is 32.2. The SMILES string of the molecule is O=C(COc1ccc(/C=N\NC(=O)C(=O)Nc2ccc(Oc3ccccc3)cc2)cc1)NCc1ccccc1. The van der Waals surface area contributed by atoms with Crippen LogP contribution in [0.25, 0.3) is 0 Å². The number of hydrogen-bond donors (Lipinski definition) is 3. The number of carbonyl (C=O) groups excluding carboxylic acids is 3. The van der Waals surface area contributed by atoms with Crippen LogP contribution in [0.2, 0.25) is 0 Å². The van der Waals surface area contributed by atoms with Crippen LogP contribution in [0.4, 0.5) is 5.69 Å². The second kappa shape index (κ2) is 13.8. The average Bonchev–Trinajstić information content (AvgIpc) is 2.97. The maximum absolute atomic E-state index is 12.2. The average molecular weight is 523 g/mol. The van der Waals surface area contributed by atoms with E-state index in [-0.39, 0.29) is 12.5 Å². The molecule has 0 spiro atoms. The number of ether oxygens (including phenoxy) is 2. The molecule has 4 aromatic carbocycles. The number of benzene rings is 4. The monoisotopic (exact) mass is 522 g/mol. The van der Waals surface area contributed by atoms with Crippen molar-refractivity contribution in [1.29, 1.82) is 0 Å². The maximum Gasteiger partial charge on any atom is 0.329 e. The highest BCUT2D eigenvalue weighted by atomic mass is 16.5. The third-order valence-corrected chi connectivity index (χ3v) is 5.26. The number of hydrogen-bond acceptors (Lipinski definition) is 6. The first kappa shape index (κ1) is 26.6. The van der Waals surface area contributed by atoms with E-state index in [9.17, 15) is 14.4 Å². The predicted molar refractivity (Wildman–Crippen MR) is 148 cm³/mol. The second-order valence-corrected chi connectivity index (χ2v) is 8.21. The summed E-state index contributed by atoms with van der Waals surface area (Å²) in [6.45, 7) is 0.312. The fourth-order valence-electron chi connectivity index (χ4n) is 3.28. The number of amides is 3. The number of carbonyl (C=O) groups is 3. The number of rotatable bonds is 10. The summed E-state index contributed by atoms with van der Waals surface area (Å²) in [6.07, 6.45) is 1.39. The summed E-state index contributed by atoms with van der Waals surface area (Å²) in [5.74, 6) is -0.227. The Morgan fingerprint density at radius 3 is 2.00 bits per heavy atom. The van der Waals surface area contributed by atoms with E-state index in [1.807, 2.05) is 60.7 Å². The molecular formula is C30H26N4O5. The van der Waals surface area contributed by atoms with Gasteiger partial charge in [0.1, 0.15) is 17.2 Å². The second-order valence-electron chi connectivity index (χ2n) is 8.21. The van der Waals surface area contributed by atoms with Crippen molar-refractivity contribution in [3.8, 4) is 17.2 Å². The van der Waals surface area contributed by atoms with Crippen LogP contribution in [-0.2, 0) is 20.9 Å². The van der Waals surface area contributed by atoms with E-state index in [2.05, 4.69) is 21.2 Å². The van der Waals surface area contributed by atoms with Gasteiger partial charge in [0, 0.05) is 12.2 Å². The van der Waals surface area contributed by atoms with E-state index in [1.165, 1.54) is 6.21 Å². The van der Waals surface area contributed by atoms with E-state index in [0.717, 1.165) is 5.56 Å². The number of hydrazone groups is 1. The van der Waals surface area contributed by atoms with Crippen LogP contribution in [0.3, 0.4) is 0 Å². The standard InChI is InChI=1S/C30H26N4O5/c35-28(31-19-22-7-3-1-4-8-22)21-38-25-15-11-23(12-16-25)20-32-34-30(37)29(36)33-24-13-17-27(18-14-24)39-26-9-5-2-6-10-26/h1-18,20H,19,21H2,(H,31,35)(H,33,36)(H,34,37)/b32-20-. The molecule has 9 nitrogen and oxygen atoms in total.